The fourth-order valence-corrected chi connectivity index (χ4v) is 1.38. The van der Waals surface area contributed by atoms with Crippen LogP contribution in [0.4, 0.5) is 4.79 Å². The van der Waals surface area contributed by atoms with E-state index < -0.39 is 12.0 Å². The predicted molar refractivity (Wildman–Crippen MR) is 73.1 cm³/mol. The first-order valence-corrected chi connectivity index (χ1v) is 6.09. The largest absolute Gasteiger partial charge is 0.425 e. The standard InChI is InChI=1S/C14H20N2O3/c1-10-6-5-7-11(8-10)19-12(17)9-15-13(18)16-14(2,3)4/h5-8H,9H2,1-4H3,(H2,15,16,18). The molecule has 1 rings (SSSR count). The number of esters is 1. The van der Waals surface area contributed by atoms with Gasteiger partial charge in [-0.25, -0.2) is 9.59 Å². The molecule has 0 spiro atoms. The number of aryl methyl sites for hydroxylation is 1. The third-order valence-corrected chi connectivity index (χ3v) is 2.10. The monoisotopic (exact) mass is 264 g/mol. The van der Waals surface area contributed by atoms with E-state index in [0.717, 1.165) is 5.56 Å². The molecular formula is C14H20N2O3. The van der Waals surface area contributed by atoms with Crippen LogP contribution in [0.2, 0.25) is 0 Å². The highest BCUT2D eigenvalue weighted by Crippen LogP contribution is 2.12. The molecule has 104 valence electrons. The summed E-state index contributed by atoms with van der Waals surface area (Å²) in [5.74, 6) is -0.0299. The summed E-state index contributed by atoms with van der Waals surface area (Å²) < 4.78 is 5.09. The van der Waals surface area contributed by atoms with Crippen molar-refractivity contribution in [2.75, 3.05) is 6.54 Å². The van der Waals surface area contributed by atoms with Crippen molar-refractivity contribution in [3.05, 3.63) is 29.8 Å². The Morgan fingerprint density at radius 1 is 1.26 bits per heavy atom. The highest BCUT2D eigenvalue weighted by atomic mass is 16.5. The van der Waals surface area contributed by atoms with Crippen LogP contribution < -0.4 is 15.4 Å². The topological polar surface area (TPSA) is 67.4 Å². The number of nitrogens with one attached hydrogen (secondary N) is 2. The highest BCUT2D eigenvalue weighted by Gasteiger charge is 2.14. The smallest absolute Gasteiger partial charge is 0.330 e. The Hall–Kier alpha value is -2.04. The van der Waals surface area contributed by atoms with Gasteiger partial charge in [0.1, 0.15) is 12.3 Å². The van der Waals surface area contributed by atoms with Crippen LogP contribution in [0, 0.1) is 6.92 Å². The molecule has 0 bridgehead atoms. The van der Waals surface area contributed by atoms with Crippen LogP contribution in [-0.2, 0) is 4.79 Å². The Morgan fingerprint density at radius 3 is 2.53 bits per heavy atom. The van der Waals surface area contributed by atoms with Crippen LogP contribution in [-0.4, -0.2) is 24.1 Å². The van der Waals surface area contributed by atoms with Gasteiger partial charge in [0.25, 0.3) is 0 Å². The molecule has 5 nitrogen and oxygen atoms in total. The van der Waals surface area contributed by atoms with Crippen molar-refractivity contribution in [2.24, 2.45) is 0 Å². The Balaban J connectivity index is 2.38. The lowest BCUT2D eigenvalue weighted by Gasteiger charge is -2.20. The molecule has 1 aromatic rings. The lowest BCUT2D eigenvalue weighted by molar-refractivity contribution is -0.133. The molecule has 0 aliphatic heterocycles. The van der Waals surface area contributed by atoms with E-state index in [4.69, 9.17) is 4.74 Å². The van der Waals surface area contributed by atoms with E-state index in [2.05, 4.69) is 10.6 Å². The molecule has 0 saturated heterocycles. The van der Waals surface area contributed by atoms with Gasteiger partial charge in [-0.1, -0.05) is 12.1 Å². The number of hydrogen-bond acceptors (Lipinski definition) is 3. The molecule has 0 aliphatic rings. The number of carbonyl (C=O) groups excluding carboxylic acids is 2. The van der Waals surface area contributed by atoms with Crippen molar-refractivity contribution in [1.82, 2.24) is 10.6 Å². The van der Waals surface area contributed by atoms with Gasteiger partial charge in [-0.15, -0.1) is 0 Å². The van der Waals surface area contributed by atoms with Crippen LogP contribution in [0.1, 0.15) is 26.3 Å². The first kappa shape index (κ1) is 15.0. The van der Waals surface area contributed by atoms with Gasteiger partial charge in [0.15, 0.2) is 0 Å². The van der Waals surface area contributed by atoms with Gasteiger partial charge < -0.3 is 15.4 Å². The van der Waals surface area contributed by atoms with E-state index in [1.54, 1.807) is 18.2 Å². The molecule has 0 aromatic heterocycles. The Bertz CT molecular complexity index is 464. The number of benzene rings is 1. The molecule has 0 unspecified atom stereocenters. The highest BCUT2D eigenvalue weighted by molar-refractivity contribution is 5.82. The van der Waals surface area contributed by atoms with Crippen molar-refractivity contribution in [3.8, 4) is 5.75 Å². The van der Waals surface area contributed by atoms with E-state index in [1.807, 2.05) is 33.8 Å². The van der Waals surface area contributed by atoms with Crippen molar-refractivity contribution in [1.29, 1.82) is 0 Å². The van der Waals surface area contributed by atoms with E-state index in [9.17, 15) is 9.59 Å². The quantitative estimate of drug-likeness (QED) is 0.648. The summed E-state index contributed by atoms with van der Waals surface area (Å²) in [5.41, 5.74) is 0.661. The molecule has 0 atom stereocenters. The maximum Gasteiger partial charge on any atom is 0.330 e. The number of urea groups is 1. The molecule has 0 saturated carbocycles. The van der Waals surface area contributed by atoms with E-state index in [1.165, 1.54) is 0 Å². The molecule has 0 heterocycles. The third kappa shape index (κ3) is 6.45. The third-order valence-electron chi connectivity index (χ3n) is 2.10. The second kappa shape index (κ2) is 6.22. The fraction of sp³-hybridized carbons (Fsp3) is 0.429. The van der Waals surface area contributed by atoms with Crippen molar-refractivity contribution < 1.29 is 14.3 Å². The van der Waals surface area contributed by atoms with Crippen LogP contribution in [0.25, 0.3) is 0 Å². The van der Waals surface area contributed by atoms with Crippen molar-refractivity contribution in [2.45, 2.75) is 33.2 Å². The summed E-state index contributed by atoms with van der Waals surface area (Å²) >= 11 is 0. The Labute approximate surface area is 113 Å². The van der Waals surface area contributed by atoms with Crippen molar-refractivity contribution >= 4 is 12.0 Å². The molecule has 0 fully saturated rings. The lowest BCUT2D eigenvalue weighted by Crippen LogP contribution is -2.48. The fourth-order valence-electron chi connectivity index (χ4n) is 1.38. The zero-order chi connectivity index (χ0) is 14.5. The lowest BCUT2D eigenvalue weighted by atomic mass is 10.1. The summed E-state index contributed by atoms with van der Waals surface area (Å²) in [6.07, 6.45) is 0. The van der Waals surface area contributed by atoms with Crippen LogP contribution >= 0.6 is 0 Å². The maximum atomic E-state index is 11.5. The Morgan fingerprint density at radius 2 is 1.95 bits per heavy atom. The number of rotatable bonds is 3. The maximum absolute atomic E-state index is 11.5. The van der Waals surface area contributed by atoms with E-state index >= 15 is 0 Å². The molecule has 2 N–H and O–H groups in total. The van der Waals surface area contributed by atoms with Crippen molar-refractivity contribution in [3.63, 3.8) is 0 Å². The summed E-state index contributed by atoms with van der Waals surface area (Å²) in [7, 11) is 0. The molecular weight excluding hydrogens is 244 g/mol. The summed E-state index contributed by atoms with van der Waals surface area (Å²) in [6.45, 7) is 7.31. The minimum atomic E-state index is -0.505. The van der Waals surface area contributed by atoms with Crippen LogP contribution in [0.5, 0.6) is 5.75 Å². The van der Waals surface area contributed by atoms with Gasteiger partial charge in [0.2, 0.25) is 0 Å². The van der Waals surface area contributed by atoms with Gasteiger partial charge in [-0.2, -0.15) is 0 Å². The van der Waals surface area contributed by atoms with Gasteiger partial charge in [-0.05, 0) is 45.4 Å². The second-order valence-electron chi connectivity index (χ2n) is 5.35. The minimum Gasteiger partial charge on any atom is -0.425 e. The summed E-state index contributed by atoms with van der Waals surface area (Å²) in [6, 6.07) is 6.77. The predicted octanol–water partition coefficient (Wildman–Crippen LogP) is 2.00. The van der Waals surface area contributed by atoms with Gasteiger partial charge in [0.05, 0.1) is 0 Å². The summed E-state index contributed by atoms with van der Waals surface area (Å²) in [5, 5.41) is 5.14. The van der Waals surface area contributed by atoms with E-state index in [0.29, 0.717) is 5.75 Å². The average molecular weight is 264 g/mol. The first-order chi connectivity index (χ1) is 8.76. The van der Waals surface area contributed by atoms with Crippen LogP contribution in [0.3, 0.4) is 0 Å². The number of hydrogen-bond donors (Lipinski definition) is 2. The first-order valence-electron chi connectivity index (χ1n) is 6.09. The summed E-state index contributed by atoms with van der Waals surface area (Å²) in [4.78, 5) is 23.0. The zero-order valence-electron chi connectivity index (χ0n) is 11.7. The van der Waals surface area contributed by atoms with Gasteiger partial charge in [-0.3, -0.25) is 0 Å². The minimum absolute atomic E-state index is 0.171. The zero-order valence-corrected chi connectivity index (χ0v) is 11.7. The molecule has 0 aliphatic carbocycles. The Kier molecular flexibility index (Phi) is 4.92. The molecule has 19 heavy (non-hydrogen) atoms. The number of ether oxygens (including phenoxy) is 1. The normalized spacial score (nSPS) is 10.7. The SMILES string of the molecule is Cc1cccc(OC(=O)CNC(=O)NC(C)(C)C)c1. The molecule has 2 amide bonds. The molecule has 0 radical (unpaired) electrons. The van der Waals surface area contributed by atoms with Crippen LogP contribution in [0.15, 0.2) is 24.3 Å². The second-order valence-corrected chi connectivity index (χ2v) is 5.35. The van der Waals surface area contributed by atoms with Gasteiger partial charge in [0, 0.05) is 5.54 Å². The number of amides is 2. The average Bonchev–Trinajstić information content (AvgIpc) is 2.24. The van der Waals surface area contributed by atoms with Gasteiger partial charge >= 0.3 is 12.0 Å². The number of carbonyl (C=O) groups is 2. The molecule has 1 aromatic carbocycles. The van der Waals surface area contributed by atoms with E-state index in [-0.39, 0.29) is 12.1 Å². The molecule has 5 heteroatoms.